The molecule has 0 unspecified atom stereocenters. The maximum atomic E-state index is 5.89. The van der Waals surface area contributed by atoms with E-state index in [1.165, 1.54) is 6.20 Å². The van der Waals surface area contributed by atoms with Gasteiger partial charge in [-0.15, -0.1) is 22.7 Å². The molecule has 0 atom stereocenters. The first-order valence-electron chi connectivity index (χ1n) is 6.24. The van der Waals surface area contributed by atoms with Gasteiger partial charge in [0.25, 0.3) is 5.88 Å². The van der Waals surface area contributed by atoms with Crippen LogP contribution in [0.15, 0.2) is 29.9 Å². The number of thiazole rings is 1. The van der Waals surface area contributed by atoms with Crippen molar-refractivity contribution in [3.05, 3.63) is 34.9 Å². The van der Waals surface area contributed by atoms with Gasteiger partial charge in [-0.2, -0.15) is 0 Å². The number of hydrogen-bond donors (Lipinski definition) is 1. The summed E-state index contributed by atoms with van der Waals surface area (Å²) in [6, 6.07) is 4.01. The Labute approximate surface area is 128 Å². The fourth-order valence-corrected chi connectivity index (χ4v) is 4.02. The Bertz CT molecular complexity index is 960. The molecule has 2 N–H and O–H groups in total. The van der Waals surface area contributed by atoms with Crippen LogP contribution in [0.25, 0.3) is 20.3 Å². The minimum atomic E-state index is 0.279. The molecule has 0 spiro atoms. The molecule has 3 heterocycles. The van der Waals surface area contributed by atoms with Gasteiger partial charge in [-0.1, -0.05) is 0 Å². The summed E-state index contributed by atoms with van der Waals surface area (Å²) in [5.41, 5.74) is 6.83. The van der Waals surface area contributed by atoms with Crippen molar-refractivity contribution in [1.29, 1.82) is 0 Å². The van der Waals surface area contributed by atoms with Crippen LogP contribution >= 0.6 is 22.7 Å². The Balaban J connectivity index is 1.94. The number of nitrogens with two attached hydrogens (primary N) is 1. The molecule has 1 aromatic carbocycles. The fourth-order valence-electron chi connectivity index (χ4n) is 2.19. The molecule has 4 aromatic rings. The lowest BCUT2D eigenvalue weighted by Crippen LogP contribution is -1.97. The number of nitrogen functional groups attached to an aromatic ring is 1. The SMILES string of the molecule is Cc1nc2c(cc(Oc3nccnc3N)c3ccsc32)s1. The van der Waals surface area contributed by atoms with Gasteiger partial charge in [0.1, 0.15) is 5.75 Å². The molecule has 0 fully saturated rings. The quantitative estimate of drug-likeness (QED) is 0.605. The molecule has 4 rings (SSSR count). The molecule has 0 aliphatic rings. The highest BCUT2D eigenvalue weighted by atomic mass is 32.1. The van der Waals surface area contributed by atoms with Crippen molar-refractivity contribution in [2.45, 2.75) is 6.92 Å². The molecule has 0 aliphatic heterocycles. The summed E-state index contributed by atoms with van der Waals surface area (Å²) in [6.07, 6.45) is 3.10. The summed E-state index contributed by atoms with van der Waals surface area (Å²) in [6.45, 7) is 2.01. The van der Waals surface area contributed by atoms with Crippen LogP contribution in [0.1, 0.15) is 5.01 Å². The van der Waals surface area contributed by atoms with Crippen molar-refractivity contribution in [1.82, 2.24) is 15.0 Å². The van der Waals surface area contributed by atoms with Crippen molar-refractivity contribution >= 4 is 48.8 Å². The number of fused-ring (bicyclic) bond motifs is 3. The highest BCUT2D eigenvalue weighted by molar-refractivity contribution is 7.21. The van der Waals surface area contributed by atoms with Gasteiger partial charge in [0.2, 0.25) is 0 Å². The van der Waals surface area contributed by atoms with Crippen LogP contribution in [-0.2, 0) is 0 Å². The van der Waals surface area contributed by atoms with Crippen molar-refractivity contribution in [3.63, 3.8) is 0 Å². The maximum absolute atomic E-state index is 5.89. The summed E-state index contributed by atoms with van der Waals surface area (Å²) in [5, 5.41) is 4.09. The molecular formula is C14H10N4OS2. The van der Waals surface area contributed by atoms with Crippen LogP contribution in [0.3, 0.4) is 0 Å². The molecule has 21 heavy (non-hydrogen) atoms. The van der Waals surface area contributed by atoms with E-state index in [1.54, 1.807) is 28.9 Å². The Morgan fingerprint density at radius 3 is 2.95 bits per heavy atom. The topological polar surface area (TPSA) is 73.9 Å². The number of ether oxygens (including phenoxy) is 1. The number of hydrogen-bond acceptors (Lipinski definition) is 7. The molecule has 0 radical (unpaired) electrons. The van der Waals surface area contributed by atoms with Gasteiger partial charge in [-0.05, 0) is 18.4 Å². The minimum Gasteiger partial charge on any atom is -0.435 e. The zero-order chi connectivity index (χ0) is 14.4. The number of rotatable bonds is 2. The molecule has 104 valence electrons. The third-order valence-electron chi connectivity index (χ3n) is 3.07. The van der Waals surface area contributed by atoms with Gasteiger partial charge in [-0.3, -0.25) is 0 Å². The number of thiophene rings is 1. The monoisotopic (exact) mass is 314 g/mol. The maximum Gasteiger partial charge on any atom is 0.262 e. The van der Waals surface area contributed by atoms with Crippen LogP contribution < -0.4 is 10.5 Å². The summed E-state index contributed by atoms with van der Waals surface area (Å²) in [7, 11) is 0. The first-order valence-corrected chi connectivity index (χ1v) is 7.93. The minimum absolute atomic E-state index is 0.279. The average molecular weight is 314 g/mol. The van der Waals surface area contributed by atoms with Crippen molar-refractivity contribution in [3.8, 4) is 11.6 Å². The number of anilines is 1. The van der Waals surface area contributed by atoms with Gasteiger partial charge >= 0.3 is 0 Å². The molecule has 0 bridgehead atoms. The molecule has 5 nitrogen and oxygen atoms in total. The molecule has 0 saturated carbocycles. The standard InChI is InChI=1S/C14H10N4OS2/c1-7-18-11-10(21-7)6-9(8-2-5-20-12(8)11)19-14-13(15)16-3-4-17-14/h2-6H,1H3,(H2,15,16). The smallest absolute Gasteiger partial charge is 0.262 e. The predicted octanol–water partition coefficient (Wildman–Crippen LogP) is 3.98. The van der Waals surface area contributed by atoms with Gasteiger partial charge in [0.15, 0.2) is 5.82 Å². The molecule has 0 aliphatic carbocycles. The summed E-state index contributed by atoms with van der Waals surface area (Å²) < 4.78 is 8.10. The van der Waals surface area contributed by atoms with Crippen LogP contribution in [-0.4, -0.2) is 15.0 Å². The van der Waals surface area contributed by atoms with Crippen molar-refractivity contribution in [2.75, 3.05) is 5.73 Å². The Kier molecular flexibility index (Phi) is 2.76. The third kappa shape index (κ3) is 2.01. The second-order valence-corrected chi connectivity index (χ2v) is 6.62. The van der Waals surface area contributed by atoms with Gasteiger partial charge < -0.3 is 10.5 Å². The number of aryl methyl sites for hydroxylation is 1. The third-order valence-corrected chi connectivity index (χ3v) is 4.91. The van der Waals surface area contributed by atoms with Gasteiger partial charge in [0, 0.05) is 23.8 Å². The van der Waals surface area contributed by atoms with Crippen LogP contribution in [0, 0.1) is 6.92 Å². The van der Waals surface area contributed by atoms with E-state index < -0.39 is 0 Å². The first kappa shape index (κ1) is 12.5. The highest BCUT2D eigenvalue weighted by Crippen LogP contribution is 2.40. The van der Waals surface area contributed by atoms with E-state index >= 15 is 0 Å². The molecule has 7 heteroatoms. The molecule has 3 aromatic heterocycles. The second kappa shape index (κ2) is 4.64. The lowest BCUT2D eigenvalue weighted by atomic mass is 10.2. The lowest BCUT2D eigenvalue weighted by Gasteiger charge is -2.07. The zero-order valence-electron chi connectivity index (χ0n) is 11.0. The number of benzene rings is 1. The van der Waals surface area contributed by atoms with Crippen LogP contribution in [0.4, 0.5) is 5.82 Å². The first-order chi connectivity index (χ1) is 10.2. The normalized spacial score (nSPS) is 11.3. The summed E-state index contributed by atoms with van der Waals surface area (Å²) in [4.78, 5) is 12.7. The van der Waals surface area contributed by atoms with E-state index in [4.69, 9.17) is 10.5 Å². The average Bonchev–Trinajstić information content (AvgIpc) is 3.06. The van der Waals surface area contributed by atoms with Gasteiger partial charge in [-0.25, -0.2) is 15.0 Å². The van der Waals surface area contributed by atoms with E-state index in [0.29, 0.717) is 5.88 Å². The highest BCUT2D eigenvalue weighted by Gasteiger charge is 2.14. The Morgan fingerprint density at radius 1 is 1.24 bits per heavy atom. The number of nitrogens with zero attached hydrogens (tertiary/aromatic N) is 3. The van der Waals surface area contributed by atoms with Crippen LogP contribution in [0.2, 0.25) is 0 Å². The van der Waals surface area contributed by atoms with E-state index in [9.17, 15) is 0 Å². The summed E-state index contributed by atoms with van der Waals surface area (Å²) >= 11 is 3.30. The molecule has 0 amide bonds. The van der Waals surface area contributed by atoms with E-state index in [2.05, 4.69) is 15.0 Å². The largest absolute Gasteiger partial charge is 0.435 e. The second-order valence-electron chi connectivity index (χ2n) is 4.47. The van der Waals surface area contributed by atoms with E-state index in [-0.39, 0.29) is 5.82 Å². The van der Waals surface area contributed by atoms with Crippen LogP contribution in [0.5, 0.6) is 11.6 Å². The molecular weight excluding hydrogens is 304 g/mol. The molecule has 0 saturated heterocycles. The zero-order valence-corrected chi connectivity index (χ0v) is 12.7. The lowest BCUT2D eigenvalue weighted by molar-refractivity contribution is 0.469. The fraction of sp³-hybridized carbons (Fsp3) is 0.0714. The van der Waals surface area contributed by atoms with Crippen molar-refractivity contribution in [2.24, 2.45) is 0 Å². The predicted molar refractivity (Wildman–Crippen MR) is 86.3 cm³/mol. The Morgan fingerprint density at radius 2 is 2.10 bits per heavy atom. The number of aromatic nitrogens is 3. The van der Waals surface area contributed by atoms with E-state index in [0.717, 1.165) is 31.1 Å². The van der Waals surface area contributed by atoms with Crippen molar-refractivity contribution < 1.29 is 4.74 Å². The van der Waals surface area contributed by atoms with E-state index in [1.807, 2.05) is 24.4 Å². The Hall–Kier alpha value is -2.25. The van der Waals surface area contributed by atoms with Gasteiger partial charge in [0.05, 0.1) is 19.9 Å². The summed E-state index contributed by atoms with van der Waals surface area (Å²) in [5.74, 6) is 1.33.